The van der Waals surface area contributed by atoms with E-state index in [1.54, 1.807) is 7.11 Å². The van der Waals surface area contributed by atoms with Crippen LogP contribution < -0.4 is 0 Å². The maximum Gasteiger partial charge on any atom is 0.0821 e. The van der Waals surface area contributed by atoms with Crippen LogP contribution in [0.5, 0.6) is 0 Å². The molecule has 0 aliphatic rings. The summed E-state index contributed by atoms with van der Waals surface area (Å²) in [5.74, 6) is 0. The number of unbranched alkanes of at least 4 members (excludes halogenated alkanes) is 1. The largest absolute Gasteiger partial charge is 0.377 e. The van der Waals surface area contributed by atoms with Crippen LogP contribution in [0.1, 0.15) is 30.9 Å². The Balaban J connectivity index is 2.56. The van der Waals surface area contributed by atoms with Crippen molar-refractivity contribution in [2.45, 2.75) is 25.4 Å². The van der Waals surface area contributed by atoms with Gasteiger partial charge in [-0.05, 0) is 12.0 Å². The van der Waals surface area contributed by atoms with Gasteiger partial charge in [0.2, 0.25) is 0 Å². The van der Waals surface area contributed by atoms with Gasteiger partial charge in [0.1, 0.15) is 0 Å². The zero-order valence-corrected chi connectivity index (χ0v) is 8.20. The molecule has 0 aliphatic heterocycles. The van der Waals surface area contributed by atoms with Crippen molar-refractivity contribution < 1.29 is 4.74 Å². The SMILES string of the molecule is [CH2]CCCC(OC)c1ccccc1. The number of hydrogen-bond acceptors (Lipinski definition) is 1. The van der Waals surface area contributed by atoms with Crippen LogP contribution in [-0.2, 0) is 4.74 Å². The van der Waals surface area contributed by atoms with Crippen molar-refractivity contribution in [1.82, 2.24) is 0 Å². The molecule has 0 saturated heterocycles. The van der Waals surface area contributed by atoms with Crippen LogP contribution in [0, 0.1) is 6.92 Å². The minimum atomic E-state index is 0.239. The molecule has 71 valence electrons. The molecule has 1 rings (SSSR count). The predicted molar refractivity (Wildman–Crippen MR) is 55.4 cm³/mol. The predicted octanol–water partition coefficient (Wildman–Crippen LogP) is 3.38. The topological polar surface area (TPSA) is 9.23 Å². The zero-order chi connectivity index (χ0) is 9.52. The average Bonchev–Trinajstić information content (AvgIpc) is 2.21. The fourth-order valence-electron chi connectivity index (χ4n) is 1.42. The molecule has 1 unspecified atom stereocenters. The number of ether oxygens (including phenoxy) is 1. The van der Waals surface area contributed by atoms with Gasteiger partial charge in [0, 0.05) is 7.11 Å². The first-order chi connectivity index (χ1) is 6.38. The lowest BCUT2D eigenvalue weighted by atomic mass is 10.0. The lowest BCUT2D eigenvalue weighted by Crippen LogP contribution is -2.00. The van der Waals surface area contributed by atoms with Gasteiger partial charge in [-0.15, -0.1) is 0 Å². The maximum absolute atomic E-state index is 5.41. The minimum Gasteiger partial charge on any atom is -0.377 e. The van der Waals surface area contributed by atoms with Gasteiger partial charge < -0.3 is 4.74 Å². The highest BCUT2D eigenvalue weighted by molar-refractivity contribution is 5.17. The molecule has 1 atom stereocenters. The molecule has 0 saturated carbocycles. The van der Waals surface area contributed by atoms with Crippen LogP contribution in [0.4, 0.5) is 0 Å². The van der Waals surface area contributed by atoms with E-state index in [0.29, 0.717) is 0 Å². The molecule has 0 bridgehead atoms. The summed E-state index contributed by atoms with van der Waals surface area (Å²) in [6.45, 7) is 3.83. The van der Waals surface area contributed by atoms with Gasteiger partial charge in [-0.2, -0.15) is 0 Å². The molecule has 1 aromatic rings. The second kappa shape index (κ2) is 5.76. The van der Waals surface area contributed by atoms with E-state index in [4.69, 9.17) is 4.74 Å². The molecular formula is C12H17O. The van der Waals surface area contributed by atoms with E-state index in [2.05, 4.69) is 19.1 Å². The molecule has 0 amide bonds. The Morgan fingerprint density at radius 1 is 1.31 bits per heavy atom. The Labute approximate surface area is 80.7 Å². The van der Waals surface area contributed by atoms with Gasteiger partial charge in [0.25, 0.3) is 0 Å². The Morgan fingerprint density at radius 2 is 2.00 bits per heavy atom. The van der Waals surface area contributed by atoms with E-state index in [1.807, 2.05) is 18.2 Å². The van der Waals surface area contributed by atoms with Crippen LogP contribution in [0.2, 0.25) is 0 Å². The molecule has 0 fully saturated rings. The van der Waals surface area contributed by atoms with Crippen molar-refractivity contribution in [1.29, 1.82) is 0 Å². The number of hydrogen-bond donors (Lipinski definition) is 0. The van der Waals surface area contributed by atoms with E-state index in [-0.39, 0.29) is 6.10 Å². The molecule has 0 aliphatic carbocycles. The van der Waals surface area contributed by atoms with Crippen molar-refractivity contribution >= 4 is 0 Å². The fourth-order valence-corrected chi connectivity index (χ4v) is 1.42. The normalized spacial score (nSPS) is 12.8. The smallest absolute Gasteiger partial charge is 0.0821 e. The van der Waals surface area contributed by atoms with Crippen LogP contribution in [0.15, 0.2) is 30.3 Å². The summed E-state index contributed by atoms with van der Waals surface area (Å²) in [5, 5.41) is 0. The van der Waals surface area contributed by atoms with Crippen LogP contribution in [0.3, 0.4) is 0 Å². The Kier molecular flexibility index (Phi) is 4.55. The molecule has 13 heavy (non-hydrogen) atoms. The summed E-state index contributed by atoms with van der Waals surface area (Å²) >= 11 is 0. The van der Waals surface area contributed by atoms with Crippen LogP contribution in [0.25, 0.3) is 0 Å². The first-order valence-electron chi connectivity index (χ1n) is 4.75. The average molecular weight is 177 g/mol. The van der Waals surface area contributed by atoms with Crippen molar-refractivity contribution in [2.24, 2.45) is 0 Å². The van der Waals surface area contributed by atoms with Crippen molar-refractivity contribution in [3.8, 4) is 0 Å². The molecule has 0 N–H and O–H groups in total. The molecule has 0 aromatic heterocycles. The van der Waals surface area contributed by atoms with Gasteiger partial charge in [-0.25, -0.2) is 0 Å². The first kappa shape index (κ1) is 10.3. The third-order valence-corrected chi connectivity index (χ3v) is 2.17. The third kappa shape index (κ3) is 3.19. The second-order valence-corrected chi connectivity index (χ2v) is 3.13. The number of benzene rings is 1. The monoisotopic (exact) mass is 177 g/mol. The van der Waals surface area contributed by atoms with Crippen LogP contribution in [-0.4, -0.2) is 7.11 Å². The van der Waals surface area contributed by atoms with Gasteiger partial charge in [0.05, 0.1) is 6.10 Å². The zero-order valence-electron chi connectivity index (χ0n) is 8.20. The Hall–Kier alpha value is -0.820. The molecular weight excluding hydrogens is 160 g/mol. The summed E-state index contributed by atoms with van der Waals surface area (Å²) in [6, 6.07) is 10.3. The second-order valence-electron chi connectivity index (χ2n) is 3.13. The molecule has 0 spiro atoms. The number of rotatable bonds is 5. The minimum absolute atomic E-state index is 0.239. The van der Waals surface area contributed by atoms with Crippen molar-refractivity contribution in [3.63, 3.8) is 0 Å². The highest BCUT2D eigenvalue weighted by Gasteiger charge is 2.07. The van der Waals surface area contributed by atoms with Gasteiger partial charge in [0.15, 0.2) is 0 Å². The highest BCUT2D eigenvalue weighted by Crippen LogP contribution is 2.21. The Morgan fingerprint density at radius 3 is 2.54 bits per heavy atom. The van der Waals surface area contributed by atoms with Crippen molar-refractivity contribution in [2.75, 3.05) is 7.11 Å². The maximum atomic E-state index is 5.41. The molecule has 1 radical (unpaired) electrons. The van der Waals surface area contributed by atoms with Crippen molar-refractivity contribution in [3.05, 3.63) is 42.8 Å². The fraction of sp³-hybridized carbons (Fsp3) is 0.417. The lowest BCUT2D eigenvalue weighted by molar-refractivity contribution is 0.0940. The Bertz CT molecular complexity index is 218. The summed E-state index contributed by atoms with van der Waals surface area (Å²) < 4.78 is 5.41. The van der Waals surface area contributed by atoms with Crippen LogP contribution >= 0.6 is 0 Å². The van der Waals surface area contributed by atoms with E-state index < -0.39 is 0 Å². The number of methoxy groups -OCH3 is 1. The molecule has 1 heteroatoms. The van der Waals surface area contributed by atoms with E-state index >= 15 is 0 Å². The molecule has 1 aromatic carbocycles. The summed E-state index contributed by atoms with van der Waals surface area (Å²) in [4.78, 5) is 0. The van der Waals surface area contributed by atoms with E-state index in [0.717, 1.165) is 19.3 Å². The van der Waals surface area contributed by atoms with E-state index in [9.17, 15) is 0 Å². The third-order valence-electron chi connectivity index (χ3n) is 2.17. The standard InChI is InChI=1S/C12H17O/c1-3-4-10-12(13-2)11-8-6-5-7-9-11/h5-9,12H,1,3-4,10H2,2H3. The summed E-state index contributed by atoms with van der Waals surface area (Å²) in [5.41, 5.74) is 1.26. The summed E-state index contributed by atoms with van der Waals surface area (Å²) in [6.07, 6.45) is 3.40. The van der Waals surface area contributed by atoms with Gasteiger partial charge in [-0.3, -0.25) is 0 Å². The van der Waals surface area contributed by atoms with Gasteiger partial charge in [-0.1, -0.05) is 50.1 Å². The first-order valence-corrected chi connectivity index (χ1v) is 4.75. The van der Waals surface area contributed by atoms with E-state index in [1.165, 1.54) is 5.56 Å². The lowest BCUT2D eigenvalue weighted by Gasteiger charge is -2.14. The van der Waals surface area contributed by atoms with Gasteiger partial charge >= 0.3 is 0 Å². The molecule has 0 heterocycles. The molecule has 1 nitrogen and oxygen atoms in total. The highest BCUT2D eigenvalue weighted by atomic mass is 16.5. The summed E-state index contributed by atoms with van der Waals surface area (Å²) in [7, 11) is 1.76. The quantitative estimate of drug-likeness (QED) is 0.670.